The molecule has 1 aliphatic rings. The van der Waals surface area contributed by atoms with Crippen molar-refractivity contribution in [3.63, 3.8) is 0 Å². The fourth-order valence-corrected chi connectivity index (χ4v) is 3.35. The fourth-order valence-electron chi connectivity index (χ4n) is 2.85. The minimum Gasteiger partial charge on any atom is -0.339 e. The third-order valence-electron chi connectivity index (χ3n) is 3.91. The first kappa shape index (κ1) is 15.8. The quantitative estimate of drug-likeness (QED) is 0.777. The van der Waals surface area contributed by atoms with Crippen LogP contribution in [0.2, 0.25) is 0 Å². The molecule has 0 spiro atoms. The Bertz CT molecular complexity index is 383. The summed E-state index contributed by atoms with van der Waals surface area (Å²) in [6, 6.07) is 0.504. The van der Waals surface area contributed by atoms with Crippen molar-refractivity contribution in [2.45, 2.75) is 70.1 Å². The second-order valence-electron chi connectivity index (χ2n) is 5.49. The number of aromatic nitrogens is 2. The molecule has 1 fully saturated rings. The predicted octanol–water partition coefficient (Wildman–Crippen LogP) is 3.74. The lowest BCUT2D eigenvalue weighted by molar-refractivity contribution is 0.303. The van der Waals surface area contributed by atoms with Gasteiger partial charge in [-0.3, -0.25) is 0 Å². The molecule has 1 saturated carbocycles. The summed E-state index contributed by atoms with van der Waals surface area (Å²) >= 11 is 1.84. The molecule has 2 unspecified atom stereocenters. The van der Waals surface area contributed by atoms with Crippen LogP contribution in [0, 0.1) is 0 Å². The second-order valence-corrected chi connectivity index (χ2v) is 6.77. The number of hydrogen-bond acceptors (Lipinski definition) is 5. The van der Waals surface area contributed by atoms with Crippen LogP contribution in [0.1, 0.15) is 70.0 Å². The number of rotatable bonds is 7. The van der Waals surface area contributed by atoms with Gasteiger partial charge in [0.1, 0.15) is 0 Å². The molecule has 0 saturated heterocycles. The van der Waals surface area contributed by atoms with Crippen LogP contribution < -0.4 is 5.32 Å². The molecule has 5 heteroatoms. The molecular weight excluding hydrogens is 270 g/mol. The highest BCUT2D eigenvalue weighted by Gasteiger charge is 2.29. The van der Waals surface area contributed by atoms with Crippen LogP contribution in [0.3, 0.4) is 0 Å². The van der Waals surface area contributed by atoms with E-state index in [4.69, 9.17) is 4.52 Å². The zero-order valence-corrected chi connectivity index (χ0v) is 13.5. The van der Waals surface area contributed by atoms with Gasteiger partial charge < -0.3 is 9.84 Å². The van der Waals surface area contributed by atoms with Crippen molar-refractivity contribution >= 4 is 11.8 Å². The molecule has 1 aromatic heterocycles. The van der Waals surface area contributed by atoms with Crippen molar-refractivity contribution < 1.29 is 4.52 Å². The molecule has 0 aromatic carbocycles. The van der Waals surface area contributed by atoms with Crippen LogP contribution in [0.25, 0.3) is 0 Å². The maximum absolute atomic E-state index is 5.55. The SMILES string of the molecule is CCCNC1CCCCCC1c1nc(CSCC)no1. The lowest BCUT2D eigenvalue weighted by Crippen LogP contribution is -2.35. The van der Waals surface area contributed by atoms with Crippen LogP contribution >= 0.6 is 11.8 Å². The molecule has 1 heterocycles. The first-order valence-corrected chi connectivity index (χ1v) is 9.14. The van der Waals surface area contributed by atoms with E-state index in [1.807, 2.05) is 11.8 Å². The molecule has 2 rings (SSSR count). The highest BCUT2D eigenvalue weighted by Crippen LogP contribution is 2.31. The van der Waals surface area contributed by atoms with Crippen molar-refractivity contribution in [2.75, 3.05) is 12.3 Å². The molecule has 0 aliphatic heterocycles. The van der Waals surface area contributed by atoms with Crippen LogP contribution in [0.4, 0.5) is 0 Å². The van der Waals surface area contributed by atoms with Crippen molar-refractivity contribution in [1.82, 2.24) is 15.5 Å². The minimum absolute atomic E-state index is 0.400. The summed E-state index contributed by atoms with van der Waals surface area (Å²) in [5.41, 5.74) is 0. The molecule has 1 N–H and O–H groups in total. The highest BCUT2D eigenvalue weighted by atomic mass is 32.2. The second kappa shape index (κ2) is 8.67. The zero-order chi connectivity index (χ0) is 14.2. The summed E-state index contributed by atoms with van der Waals surface area (Å²) in [6.07, 6.45) is 7.48. The number of nitrogens with zero attached hydrogens (tertiary/aromatic N) is 2. The van der Waals surface area contributed by atoms with Crippen molar-refractivity contribution in [2.24, 2.45) is 0 Å². The maximum atomic E-state index is 5.55. The van der Waals surface area contributed by atoms with Gasteiger partial charge in [0.25, 0.3) is 0 Å². The van der Waals surface area contributed by atoms with Gasteiger partial charge in [0.05, 0.1) is 11.7 Å². The van der Waals surface area contributed by atoms with E-state index in [1.54, 1.807) is 0 Å². The van der Waals surface area contributed by atoms with E-state index >= 15 is 0 Å². The Labute approximate surface area is 126 Å². The molecule has 0 amide bonds. The standard InChI is InChI=1S/C15H27N3OS/c1-3-10-16-13-9-7-5-6-8-12(13)15-17-14(18-19-15)11-20-4-2/h12-13,16H,3-11H2,1-2H3. The van der Waals surface area contributed by atoms with E-state index in [9.17, 15) is 0 Å². The Morgan fingerprint density at radius 1 is 1.25 bits per heavy atom. The third-order valence-corrected chi connectivity index (χ3v) is 4.78. The summed E-state index contributed by atoms with van der Waals surface area (Å²) < 4.78 is 5.55. The lowest BCUT2D eigenvalue weighted by Gasteiger charge is -2.23. The monoisotopic (exact) mass is 297 g/mol. The fraction of sp³-hybridized carbons (Fsp3) is 0.867. The van der Waals surface area contributed by atoms with Gasteiger partial charge in [-0.2, -0.15) is 16.7 Å². The Morgan fingerprint density at radius 3 is 2.90 bits per heavy atom. The van der Waals surface area contributed by atoms with Crippen molar-refractivity contribution in [3.05, 3.63) is 11.7 Å². The molecule has 4 nitrogen and oxygen atoms in total. The van der Waals surface area contributed by atoms with Crippen LogP contribution in [-0.2, 0) is 5.75 Å². The van der Waals surface area contributed by atoms with Gasteiger partial charge in [0, 0.05) is 6.04 Å². The van der Waals surface area contributed by atoms with Gasteiger partial charge >= 0.3 is 0 Å². The summed E-state index contributed by atoms with van der Waals surface area (Å²) in [5.74, 6) is 4.06. The summed E-state index contributed by atoms with van der Waals surface area (Å²) in [5, 5.41) is 7.82. The first-order valence-electron chi connectivity index (χ1n) is 7.98. The van der Waals surface area contributed by atoms with Gasteiger partial charge in [-0.1, -0.05) is 38.3 Å². The maximum Gasteiger partial charge on any atom is 0.231 e. The van der Waals surface area contributed by atoms with E-state index in [2.05, 4.69) is 29.3 Å². The van der Waals surface area contributed by atoms with Gasteiger partial charge in [-0.25, -0.2) is 0 Å². The van der Waals surface area contributed by atoms with Crippen LogP contribution in [0.5, 0.6) is 0 Å². The largest absolute Gasteiger partial charge is 0.339 e. The Balaban J connectivity index is 2.02. The van der Waals surface area contributed by atoms with E-state index in [-0.39, 0.29) is 0 Å². The number of nitrogens with one attached hydrogen (secondary N) is 1. The van der Waals surface area contributed by atoms with Gasteiger partial charge in [-0.05, 0) is 31.6 Å². The first-order chi connectivity index (χ1) is 9.85. The molecule has 1 aromatic rings. The summed E-state index contributed by atoms with van der Waals surface area (Å²) in [4.78, 5) is 4.63. The predicted molar refractivity (Wildman–Crippen MR) is 84.0 cm³/mol. The zero-order valence-electron chi connectivity index (χ0n) is 12.7. The van der Waals surface area contributed by atoms with E-state index in [1.165, 1.54) is 38.5 Å². The minimum atomic E-state index is 0.400. The molecule has 114 valence electrons. The van der Waals surface area contributed by atoms with Crippen LogP contribution in [0.15, 0.2) is 4.52 Å². The van der Waals surface area contributed by atoms with Crippen molar-refractivity contribution in [3.8, 4) is 0 Å². The average Bonchev–Trinajstić information content (AvgIpc) is 2.81. The molecule has 0 bridgehead atoms. The Kier molecular flexibility index (Phi) is 6.87. The Hall–Kier alpha value is -0.550. The Morgan fingerprint density at radius 2 is 2.10 bits per heavy atom. The molecular formula is C15H27N3OS. The number of thioether (sulfide) groups is 1. The van der Waals surface area contributed by atoms with Crippen LogP contribution in [-0.4, -0.2) is 28.5 Å². The smallest absolute Gasteiger partial charge is 0.231 e. The summed E-state index contributed by atoms with van der Waals surface area (Å²) in [6.45, 7) is 5.45. The molecule has 0 radical (unpaired) electrons. The van der Waals surface area contributed by atoms with E-state index in [0.717, 1.165) is 29.8 Å². The summed E-state index contributed by atoms with van der Waals surface area (Å²) in [7, 11) is 0. The highest BCUT2D eigenvalue weighted by molar-refractivity contribution is 7.98. The van der Waals surface area contributed by atoms with E-state index in [0.29, 0.717) is 12.0 Å². The van der Waals surface area contributed by atoms with Gasteiger partial charge in [0.15, 0.2) is 5.82 Å². The van der Waals surface area contributed by atoms with Crippen molar-refractivity contribution in [1.29, 1.82) is 0 Å². The topological polar surface area (TPSA) is 51.0 Å². The molecule has 2 atom stereocenters. The third kappa shape index (κ3) is 4.48. The van der Waals surface area contributed by atoms with Gasteiger partial charge in [0.2, 0.25) is 5.89 Å². The van der Waals surface area contributed by atoms with E-state index < -0.39 is 0 Å². The molecule has 20 heavy (non-hydrogen) atoms. The average molecular weight is 297 g/mol. The van der Waals surface area contributed by atoms with Gasteiger partial charge in [-0.15, -0.1) is 0 Å². The normalized spacial score (nSPS) is 23.7. The number of hydrogen-bond donors (Lipinski definition) is 1. The lowest BCUT2D eigenvalue weighted by atomic mass is 9.94. The molecule has 1 aliphatic carbocycles.